The zero-order valence-corrected chi connectivity index (χ0v) is 22.0. The summed E-state index contributed by atoms with van der Waals surface area (Å²) in [5.41, 5.74) is 5.73. The Morgan fingerprint density at radius 3 is 1.36 bits per heavy atom. The van der Waals surface area contributed by atoms with E-state index in [0.29, 0.717) is 0 Å². The molecule has 0 saturated carbocycles. The summed E-state index contributed by atoms with van der Waals surface area (Å²) in [7, 11) is 0. The number of rotatable bonds is 4. The Labute approximate surface area is 183 Å². The summed E-state index contributed by atoms with van der Waals surface area (Å²) >= 11 is -3.23. The van der Waals surface area contributed by atoms with Gasteiger partial charge >= 0.3 is 160 Å². The van der Waals surface area contributed by atoms with E-state index in [4.69, 9.17) is 0 Å². The van der Waals surface area contributed by atoms with Crippen LogP contribution in [-0.2, 0) is 17.4 Å². The van der Waals surface area contributed by atoms with E-state index in [1.165, 1.54) is 22.3 Å². The maximum atomic E-state index is 2.64. The normalized spacial score (nSPS) is 16.2. The van der Waals surface area contributed by atoms with Crippen LogP contribution in [0.1, 0.15) is 24.0 Å². The van der Waals surface area contributed by atoms with Crippen molar-refractivity contribution in [3.8, 4) is 0 Å². The first-order valence-electron chi connectivity index (χ1n) is 9.44. The van der Waals surface area contributed by atoms with Gasteiger partial charge in [0.15, 0.2) is 0 Å². The molecule has 0 aromatic heterocycles. The molecule has 4 heteroatoms. The average molecular weight is 507 g/mol. The van der Waals surface area contributed by atoms with E-state index in [1.54, 1.807) is 6.56 Å². The van der Waals surface area contributed by atoms with E-state index >= 15 is 0 Å². The molecule has 146 valence electrons. The van der Waals surface area contributed by atoms with Crippen molar-refractivity contribution >= 4 is 42.8 Å². The fourth-order valence-electron chi connectivity index (χ4n) is 4.49. The van der Waals surface area contributed by atoms with Crippen LogP contribution in [0.2, 0.25) is 9.26 Å². The van der Waals surface area contributed by atoms with Gasteiger partial charge in [-0.05, 0) is 0 Å². The molecule has 0 N–H and O–H groups in total. The van der Waals surface area contributed by atoms with E-state index in [0.717, 1.165) is 12.8 Å². The van der Waals surface area contributed by atoms with Crippen LogP contribution in [0.25, 0.3) is 11.1 Å². The van der Waals surface area contributed by atoms with Crippen molar-refractivity contribution in [1.82, 2.24) is 0 Å². The van der Waals surface area contributed by atoms with E-state index in [2.05, 4.69) is 101 Å². The van der Waals surface area contributed by atoms with E-state index < -0.39 is 17.4 Å². The zero-order chi connectivity index (χ0) is 18.2. The molecule has 0 saturated heterocycles. The van der Waals surface area contributed by atoms with Gasteiger partial charge in [0.2, 0.25) is 0 Å². The van der Waals surface area contributed by atoms with Gasteiger partial charge in [0, 0.05) is 0 Å². The van der Waals surface area contributed by atoms with Crippen molar-refractivity contribution in [2.24, 2.45) is 0 Å². The van der Waals surface area contributed by atoms with Gasteiger partial charge in [0.25, 0.3) is 0 Å². The molecule has 0 amide bonds. The summed E-state index contributed by atoms with van der Waals surface area (Å²) in [6, 6.07) is 21.9. The van der Waals surface area contributed by atoms with Crippen molar-refractivity contribution in [3.63, 3.8) is 0 Å². The number of hydrogen-bond donors (Lipinski definition) is 0. The summed E-state index contributed by atoms with van der Waals surface area (Å²) in [4.78, 5) is 0. The Bertz CT molecular complexity index is 959. The van der Waals surface area contributed by atoms with Crippen LogP contribution in [-0.4, -0.2) is 6.88 Å². The van der Waals surface area contributed by atoms with E-state index in [1.807, 2.05) is 0 Å². The standard InChI is InChI=1S/2C11H9.2CH3.2ClH.H2Si.Zr/c2*1-2-6-10(7-3-1)11-8-4-5-9-11;;;;;;/h2*1-4,6-8H,5H2;2*1H3;2*1H;1H2;. The Kier molecular flexibility index (Phi) is 7.37. The molecular formula is C24H28Cl2SiZr. The first-order valence-corrected chi connectivity index (χ1v) is 22.7. The monoisotopic (exact) mass is 504 g/mol. The van der Waals surface area contributed by atoms with Crippen molar-refractivity contribution in [2.75, 3.05) is 0 Å². The molecule has 0 fully saturated rings. The van der Waals surface area contributed by atoms with Crippen molar-refractivity contribution in [3.05, 3.63) is 103 Å². The van der Waals surface area contributed by atoms with Crippen LogP contribution >= 0.6 is 24.8 Å². The first-order chi connectivity index (χ1) is 12.5. The Morgan fingerprint density at radius 1 is 0.643 bits per heavy atom. The minimum absolute atomic E-state index is 0. The second kappa shape index (κ2) is 8.84. The molecule has 28 heavy (non-hydrogen) atoms. The summed E-state index contributed by atoms with van der Waals surface area (Å²) in [5, 5.41) is 0. The third kappa shape index (κ3) is 4.17. The van der Waals surface area contributed by atoms with E-state index in [-0.39, 0.29) is 24.8 Å². The summed E-state index contributed by atoms with van der Waals surface area (Å²) in [5.74, 6) is 0. The number of hydrogen-bond acceptors (Lipinski definition) is 0. The Hall–Kier alpha value is -0.920. The molecular weight excluding hydrogens is 478 g/mol. The van der Waals surface area contributed by atoms with Crippen molar-refractivity contribution < 1.29 is 17.4 Å². The Balaban J connectivity index is 0.00000140. The average Bonchev–Trinajstić information content (AvgIpc) is 3.33. The molecule has 0 radical (unpaired) electrons. The predicted molar refractivity (Wildman–Crippen MR) is 129 cm³/mol. The molecule has 0 atom stereocenters. The molecule has 2 aliphatic rings. The van der Waals surface area contributed by atoms with Crippen LogP contribution in [0.15, 0.2) is 91.5 Å². The topological polar surface area (TPSA) is 0 Å². The van der Waals surface area contributed by atoms with Gasteiger partial charge in [0.1, 0.15) is 0 Å². The van der Waals surface area contributed by atoms with Gasteiger partial charge < -0.3 is 0 Å². The molecule has 2 aromatic rings. The van der Waals surface area contributed by atoms with Crippen molar-refractivity contribution in [2.45, 2.75) is 22.1 Å². The number of allylic oxidation sites excluding steroid dienone is 8. The van der Waals surface area contributed by atoms with Gasteiger partial charge in [-0.15, -0.1) is 24.8 Å². The van der Waals surface area contributed by atoms with Crippen LogP contribution in [0, 0.1) is 0 Å². The summed E-state index contributed by atoms with van der Waals surface area (Å²) < 4.78 is 8.75. The third-order valence-corrected chi connectivity index (χ3v) is 22.9. The molecule has 4 rings (SSSR count). The molecule has 0 spiro atoms. The molecule has 0 aliphatic heterocycles. The van der Waals surface area contributed by atoms with Crippen molar-refractivity contribution in [1.29, 1.82) is 0 Å². The second-order valence-electron chi connectivity index (χ2n) is 8.42. The molecule has 0 unspecified atom stereocenters. The SMILES string of the molecule is Cl.Cl.[CH3][Zr]([CH3])(=[SiH2])([C]1=C(c2ccccc2)C=CC1)[C]1=C(c2ccccc2)C=CC1. The minimum atomic E-state index is -3.23. The van der Waals surface area contributed by atoms with Crippen LogP contribution in [0.3, 0.4) is 0 Å². The fraction of sp³-hybridized carbons (Fsp3) is 0.167. The van der Waals surface area contributed by atoms with Gasteiger partial charge in [-0.2, -0.15) is 0 Å². The van der Waals surface area contributed by atoms with Crippen LogP contribution in [0.5, 0.6) is 0 Å². The number of halogens is 2. The first kappa shape index (κ1) is 23.4. The molecule has 0 nitrogen and oxygen atoms in total. The maximum absolute atomic E-state index is 3.23. The summed E-state index contributed by atoms with van der Waals surface area (Å²) in [6.45, 7) is 2.36. The van der Waals surface area contributed by atoms with Crippen LogP contribution < -0.4 is 0 Å². The van der Waals surface area contributed by atoms with Gasteiger partial charge in [-0.3, -0.25) is 0 Å². The van der Waals surface area contributed by atoms with Crippen LogP contribution in [0.4, 0.5) is 0 Å². The second-order valence-corrected chi connectivity index (χ2v) is 37.1. The van der Waals surface area contributed by atoms with Gasteiger partial charge in [-0.1, -0.05) is 0 Å². The molecule has 2 aromatic carbocycles. The molecule has 0 heterocycles. The zero-order valence-electron chi connectivity index (χ0n) is 16.5. The number of benzene rings is 2. The molecule has 2 aliphatic carbocycles. The fourth-order valence-corrected chi connectivity index (χ4v) is 18.5. The Morgan fingerprint density at radius 2 is 1.00 bits per heavy atom. The third-order valence-electron chi connectivity index (χ3n) is 5.97. The summed E-state index contributed by atoms with van der Waals surface area (Å²) in [6.07, 6.45) is 11.7. The molecule has 0 bridgehead atoms. The predicted octanol–water partition coefficient (Wildman–Crippen LogP) is 6.91. The quantitative estimate of drug-likeness (QED) is 0.396. The van der Waals surface area contributed by atoms with Gasteiger partial charge in [-0.25, -0.2) is 0 Å². The van der Waals surface area contributed by atoms with E-state index in [9.17, 15) is 0 Å². The van der Waals surface area contributed by atoms with Gasteiger partial charge in [0.05, 0.1) is 0 Å².